The summed E-state index contributed by atoms with van der Waals surface area (Å²) in [4.78, 5) is 13.8. The third kappa shape index (κ3) is 3.11. The number of halogens is 1. The highest BCUT2D eigenvalue weighted by Gasteiger charge is 2.18. The molecule has 2 aromatic heterocycles. The Morgan fingerprint density at radius 2 is 1.88 bits per heavy atom. The topological polar surface area (TPSA) is 44.1 Å². The van der Waals surface area contributed by atoms with E-state index in [0.29, 0.717) is 4.88 Å². The van der Waals surface area contributed by atoms with E-state index in [-0.39, 0.29) is 12.4 Å². The van der Waals surface area contributed by atoms with Crippen LogP contribution in [-0.4, -0.2) is 15.7 Å². The molecule has 0 aliphatic heterocycles. The van der Waals surface area contributed by atoms with Crippen LogP contribution in [0.5, 0.6) is 0 Å². The first-order chi connectivity index (χ1) is 12.6. The molecule has 130 valence electrons. The summed E-state index contributed by atoms with van der Waals surface area (Å²) < 4.78 is 20.1. The number of aromatic nitrogens is 2. The molecule has 4 aromatic rings. The zero-order valence-corrected chi connectivity index (χ0v) is 14.8. The Morgan fingerprint density at radius 1 is 1.15 bits per heavy atom. The van der Waals surface area contributed by atoms with E-state index >= 15 is 0 Å². The molecule has 2 heterocycles. The molecule has 0 N–H and O–H groups in total. The van der Waals surface area contributed by atoms with Gasteiger partial charge in [0.1, 0.15) is 22.1 Å². The molecule has 6 heteroatoms. The number of carbonyl (C=O) groups is 1. The van der Waals surface area contributed by atoms with Crippen molar-refractivity contribution in [1.29, 1.82) is 0 Å². The summed E-state index contributed by atoms with van der Waals surface area (Å²) in [5.41, 5.74) is 2.55. The Bertz CT molecular complexity index is 1070. The summed E-state index contributed by atoms with van der Waals surface area (Å²) in [7, 11) is 0. The number of hydrogen-bond acceptors (Lipinski definition) is 4. The maximum atomic E-state index is 12.9. The van der Waals surface area contributed by atoms with Crippen LogP contribution in [0.2, 0.25) is 0 Å². The second kappa shape index (κ2) is 6.72. The highest BCUT2D eigenvalue weighted by atomic mass is 32.1. The molecule has 2 aromatic carbocycles. The van der Waals surface area contributed by atoms with Gasteiger partial charge < -0.3 is 4.74 Å². The van der Waals surface area contributed by atoms with E-state index in [1.807, 2.05) is 48.0 Å². The summed E-state index contributed by atoms with van der Waals surface area (Å²) in [5, 5.41) is 5.50. The maximum Gasteiger partial charge on any atom is 0.348 e. The molecule has 0 bridgehead atoms. The number of esters is 1. The Hall–Kier alpha value is -2.99. The van der Waals surface area contributed by atoms with Gasteiger partial charge in [-0.05, 0) is 42.8 Å². The normalized spacial score (nSPS) is 11.0. The molecule has 4 nitrogen and oxygen atoms in total. The summed E-state index contributed by atoms with van der Waals surface area (Å²) in [6, 6.07) is 17.5. The van der Waals surface area contributed by atoms with Crippen molar-refractivity contribution >= 4 is 27.5 Å². The molecule has 0 unspecified atom stereocenters. The minimum atomic E-state index is -0.394. The van der Waals surface area contributed by atoms with Crippen molar-refractivity contribution in [3.8, 4) is 5.69 Å². The van der Waals surface area contributed by atoms with Gasteiger partial charge in [-0.2, -0.15) is 5.10 Å². The van der Waals surface area contributed by atoms with Crippen LogP contribution in [0, 0.1) is 12.7 Å². The minimum absolute atomic E-state index is 0.108. The van der Waals surface area contributed by atoms with Gasteiger partial charge in [-0.15, -0.1) is 11.3 Å². The zero-order chi connectivity index (χ0) is 18.1. The van der Waals surface area contributed by atoms with E-state index in [1.54, 1.807) is 12.1 Å². The number of aryl methyl sites for hydroxylation is 1. The summed E-state index contributed by atoms with van der Waals surface area (Å²) >= 11 is 1.35. The van der Waals surface area contributed by atoms with Gasteiger partial charge in [-0.3, -0.25) is 0 Å². The van der Waals surface area contributed by atoms with E-state index in [1.165, 1.54) is 23.5 Å². The zero-order valence-electron chi connectivity index (χ0n) is 14.0. The molecule has 4 rings (SSSR count). The molecule has 0 fully saturated rings. The van der Waals surface area contributed by atoms with Crippen molar-refractivity contribution in [2.75, 3.05) is 0 Å². The molecule has 0 radical (unpaired) electrons. The average molecular weight is 366 g/mol. The number of thiophene rings is 1. The third-order valence-corrected chi connectivity index (χ3v) is 5.12. The minimum Gasteiger partial charge on any atom is -0.457 e. The van der Waals surface area contributed by atoms with Crippen LogP contribution >= 0.6 is 11.3 Å². The van der Waals surface area contributed by atoms with Crippen LogP contribution in [0.25, 0.3) is 15.9 Å². The van der Waals surface area contributed by atoms with Gasteiger partial charge in [-0.1, -0.05) is 30.3 Å². The van der Waals surface area contributed by atoms with Crippen LogP contribution in [0.15, 0.2) is 60.7 Å². The quantitative estimate of drug-likeness (QED) is 0.483. The van der Waals surface area contributed by atoms with Crippen molar-refractivity contribution in [2.24, 2.45) is 0 Å². The third-order valence-electron chi connectivity index (χ3n) is 4.03. The average Bonchev–Trinajstić information content (AvgIpc) is 3.23. The first kappa shape index (κ1) is 16.5. The second-order valence-electron chi connectivity index (χ2n) is 5.86. The van der Waals surface area contributed by atoms with Crippen LogP contribution in [0.1, 0.15) is 20.9 Å². The molecule has 0 atom stereocenters. The standard InChI is InChI=1S/C20H15FN2O2S/c1-13-17-11-18(20(24)25-12-14-7-9-15(21)10-8-14)26-19(17)23(22-13)16-5-3-2-4-6-16/h2-11H,12H2,1H3. The van der Waals surface area contributed by atoms with Gasteiger partial charge in [-0.25, -0.2) is 13.9 Å². The molecule has 0 aliphatic rings. The second-order valence-corrected chi connectivity index (χ2v) is 6.90. The number of hydrogen-bond donors (Lipinski definition) is 0. The number of carbonyl (C=O) groups excluding carboxylic acids is 1. The lowest BCUT2D eigenvalue weighted by Crippen LogP contribution is -2.03. The van der Waals surface area contributed by atoms with E-state index in [0.717, 1.165) is 27.2 Å². The van der Waals surface area contributed by atoms with Crippen LogP contribution in [0.4, 0.5) is 4.39 Å². The Morgan fingerprint density at radius 3 is 2.62 bits per heavy atom. The highest BCUT2D eigenvalue weighted by Crippen LogP contribution is 2.30. The first-order valence-electron chi connectivity index (χ1n) is 8.08. The number of nitrogens with zero attached hydrogens (tertiary/aromatic N) is 2. The molecule has 0 spiro atoms. The van der Waals surface area contributed by atoms with E-state index in [2.05, 4.69) is 5.10 Å². The van der Waals surface area contributed by atoms with Gasteiger partial charge in [0.05, 0.1) is 11.4 Å². The number of benzene rings is 2. The van der Waals surface area contributed by atoms with Gasteiger partial charge in [0.15, 0.2) is 0 Å². The molecular weight excluding hydrogens is 351 g/mol. The highest BCUT2D eigenvalue weighted by molar-refractivity contribution is 7.20. The van der Waals surface area contributed by atoms with Crippen molar-refractivity contribution < 1.29 is 13.9 Å². The fourth-order valence-electron chi connectivity index (χ4n) is 2.69. The number of rotatable bonds is 4. The molecular formula is C20H15FN2O2S. The van der Waals surface area contributed by atoms with Crippen LogP contribution in [-0.2, 0) is 11.3 Å². The predicted octanol–water partition coefficient (Wildman–Crippen LogP) is 4.89. The molecule has 26 heavy (non-hydrogen) atoms. The van der Waals surface area contributed by atoms with Crippen LogP contribution < -0.4 is 0 Å². The molecule has 0 saturated carbocycles. The van der Waals surface area contributed by atoms with E-state index < -0.39 is 5.97 Å². The predicted molar refractivity (Wildman–Crippen MR) is 99.2 cm³/mol. The Labute approximate surface area is 153 Å². The number of ether oxygens (including phenoxy) is 1. The number of para-hydroxylation sites is 1. The monoisotopic (exact) mass is 366 g/mol. The van der Waals surface area contributed by atoms with Gasteiger partial charge >= 0.3 is 5.97 Å². The maximum absolute atomic E-state index is 12.9. The van der Waals surface area contributed by atoms with E-state index in [9.17, 15) is 9.18 Å². The SMILES string of the molecule is Cc1nn(-c2ccccc2)c2sc(C(=O)OCc3ccc(F)cc3)cc12. The Balaban J connectivity index is 1.59. The summed E-state index contributed by atoms with van der Waals surface area (Å²) in [5.74, 6) is -0.708. The fraction of sp³-hybridized carbons (Fsp3) is 0.100. The Kier molecular flexibility index (Phi) is 4.26. The molecule has 0 amide bonds. The summed E-state index contributed by atoms with van der Waals surface area (Å²) in [6.45, 7) is 2.03. The lowest BCUT2D eigenvalue weighted by Gasteiger charge is -2.03. The fourth-order valence-corrected chi connectivity index (χ4v) is 3.77. The van der Waals surface area contributed by atoms with Crippen molar-refractivity contribution in [2.45, 2.75) is 13.5 Å². The van der Waals surface area contributed by atoms with Gasteiger partial charge in [0.25, 0.3) is 0 Å². The van der Waals surface area contributed by atoms with Crippen molar-refractivity contribution in [3.63, 3.8) is 0 Å². The van der Waals surface area contributed by atoms with Crippen molar-refractivity contribution in [1.82, 2.24) is 9.78 Å². The molecule has 0 saturated heterocycles. The summed E-state index contributed by atoms with van der Waals surface area (Å²) in [6.07, 6.45) is 0. The smallest absolute Gasteiger partial charge is 0.348 e. The van der Waals surface area contributed by atoms with E-state index in [4.69, 9.17) is 4.74 Å². The lowest BCUT2D eigenvalue weighted by atomic mass is 10.2. The largest absolute Gasteiger partial charge is 0.457 e. The first-order valence-corrected chi connectivity index (χ1v) is 8.89. The van der Waals surface area contributed by atoms with Crippen LogP contribution in [0.3, 0.4) is 0 Å². The lowest BCUT2D eigenvalue weighted by molar-refractivity contribution is 0.0478. The van der Waals surface area contributed by atoms with Gasteiger partial charge in [0, 0.05) is 5.39 Å². The van der Waals surface area contributed by atoms with Gasteiger partial charge in [0.2, 0.25) is 0 Å². The van der Waals surface area contributed by atoms with Crippen molar-refractivity contribution in [3.05, 3.63) is 82.6 Å². The molecule has 0 aliphatic carbocycles. The number of fused-ring (bicyclic) bond motifs is 1.